The number of carbonyl (C=O) groups excluding carboxylic acids is 1. The van der Waals surface area contributed by atoms with Crippen LogP contribution in [0.3, 0.4) is 0 Å². The van der Waals surface area contributed by atoms with Crippen molar-refractivity contribution >= 4 is 11.7 Å². The summed E-state index contributed by atoms with van der Waals surface area (Å²) in [4.78, 5) is 21.7. The lowest BCUT2D eigenvalue weighted by Crippen LogP contribution is -2.58. The standard InChI is InChI=1S/C15H19F3N4O2/c1-9-13(15(16,17)18)24-5-4-22(9)14(23)21-11-7-19-12(20-8-11)6-10-2-3-10/h7-10,13H,2-6H2,1H3,(H,21,23). The maximum absolute atomic E-state index is 12.9. The van der Waals surface area contributed by atoms with Gasteiger partial charge in [-0.05, 0) is 25.7 Å². The fourth-order valence-corrected chi connectivity index (χ4v) is 2.74. The molecular formula is C15H19F3N4O2. The summed E-state index contributed by atoms with van der Waals surface area (Å²) in [5, 5.41) is 2.55. The third-order valence-electron chi connectivity index (χ3n) is 4.27. The number of rotatable bonds is 3. The molecule has 0 bridgehead atoms. The van der Waals surface area contributed by atoms with E-state index in [9.17, 15) is 18.0 Å². The molecule has 3 rings (SSSR count). The number of halogens is 3. The minimum Gasteiger partial charge on any atom is -0.365 e. The third-order valence-corrected chi connectivity index (χ3v) is 4.27. The Balaban J connectivity index is 1.61. The van der Waals surface area contributed by atoms with Gasteiger partial charge in [-0.2, -0.15) is 13.2 Å². The number of alkyl halides is 3. The van der Waals surface area contributed by atoms with Gasteiger partial charge in [-0.1, -0.05) is 0 Å². The van der Waals surface area contributed by atoms with E-state index in [1.807, 2.05) is 0 Å². The van der Waals surface area contributed by atoms with E-state index in [4.69, 9.17) is 4.74 Å². The minimum atomic E-state index is -4.51. The second kappa shape index (κ2) is 6.54. The molecule has 1 aromatic heterocycles. The lowest BCUT2D eigenvalue weighted by atomic mass is 10.1. The Morgan fingerprint density at radius 3 is 2.62 bits per heavy atom. The summed E-state index contributed by atoms with van der Waals surface area (Å²) in [5.74, 6) is 1.37. The monoisotopic (exact) mass is 344 g/mol. The van der Waals surface area contributed by atoms with Crippen molar-refractivity contribution in [2.45, 2.75) is 44.5 Å². The van der Waals surface area contributed by atoms with Crippen LogP contribution in [-0.2, 0) is 11.2 Å². The number of nitrogens with zero attached hydrogens (tertiary/aromatic N) is 3. The first-order valence-corrected chi connectivity index (χ1v) is 7.91. The SMILES string of the molecule is CC1C(C(F)(F)F)OCCN1C(=O)Nc1cnc(CC2CC2)nc1. The number of nitrogens with one attached hydrogen (secondary N) is 1. The number of aromatic nitrogens is 2. The zero-order valence-electron chi connectivity index (χ0n) is 13.2. The molecule has 1 aromatic rings. The molecular weight excluding hydrogens is 325 g/mol. The molecule has 1 aliphatic carbocycles. The molecule has 2 heterocycles. The number of urea groups is 1. The quantitative estimate of drug-likeness (QED) is 0.915. The molecule has 2 fully saturated rings. The van der Waals surface area contributed by atoms with Crippen molar-refractivity contribution in [3.63, 3.8) is 0 Å². The van der Waals surface area contributed by atoms with E-state index in [2.05, 4.69) is 15.3 Å². The first kappa shape index (κ1) is 16.9. The molecule has 132 valence electrons. The summed E-state index contributed by atoms with van der Waals surface area (Å²) in [7, 11) is 0. The third kappa shape index (κ3) is 3.95. The van der Waals surface area contributed by atoms with Crippen molar-refractivity contribution in [3.05, 3.63) is 18.2 Å². The normalized spacial score (nSPS) is 24.8. The summed E-state index contributed by atoms with van der Waals surface area (Å²) in [5.41, 5.74) is 0.363. The van der Waals surface area contributed by atoms with Crippen LogP contribution in [-0.4, -0.2) is 52.4 Å². The van der Waals surface area contributed by atoms with Crippen molar-refractivity contribution in [2.24, 2.45) is 5.92 Å². The van der Waals surface area contributed by atoms with Gasteiger partial charge in [0.1, 0.15) is 5.82 Å². The highest BCUT2D eigenvalue weighted by molar-refractivity contribution is 5.89. The molecule has 0 radical (unpaired) electrons. The van der Waals surface area contributed by atoms with Crippen LogP contribution in [0.1, 0.15) is 25.6 Å². The van der Waals surface area contributed by atoms with Crippen LogP contribution in [0.25, 0.3) is 0 Å². The largest absolute Gasteiger partial charge is 0.416 e. The van der Waals surface area contributed by atoms with Gasteiger partial charge in [-0.25, -0.2) is 14.8 Å². The van der Waals surface area contributed by atoms with E-state index in [-0.39, 0.29) is 13.2 Å². The molecule has 1 N–H and O–H groups in total. The number of hydrogen-bond donors (Lipinski definition) is 1. The second-order valence-electron chi connectivity index (χ2n) is 6.23. The first-order chi connectivity index (χ1) is 11.3. The van der Waals surface area contributed by atoms with Crippen LogP contribution >= 0.6 is 0 Å². The van der Waals surface area contributed by atoms with Gasteiger partial charge in [0.05, 0.1) is 30.7 Å². The van der Waals surface area contributed by atoms with Crippen LogP contribution in [0.5, 0.6) is 0 Å². The Hall–Kier alpha value is -1.90. The van der Waals surface area contributed by atoms with Crippen LogP contribution < -0.4 is 5.32 Å². The van der Waals surface area contributed by atoms with Crippen LogP contribution in [0.4, 0.5) is 23.7 Å². The average Bonchev–Trinajstić information content (AvgIpc) is 3.32. The number of anilines is 1. The summed E-state index contributed by atoms with van der Waals surface area (Å²) in [6.45, 7) is 1.27. The van der Waals surface area contributed by atoms with E-state index in [1.165, 1.54) is 32.2 Å². The highest BCUT2D eigenvalue weighted by Crippen LogP contribution is 2.32. The Kier molecular flexibility index (Phi) is 4.62. The number of carbonyl (C=O) groups is 1. The molecule has 2 aliphatic rings. The van der Waals surface area contributed by atoms with E-state index in [1.54, 1.807) is 0 Å². The lowest BCUT2D eigenvalue weighted by Gasteiger charge is -2.39. The number of hydrogen-bond acceptors (Lipinski definition) is 4. The van der Waals surface area contributed by atoms with E-state index in [0.29, 0.717) is 17.4 Å². The number of ether oxygens (including phenoxy) is 1. The highest BCUT2D eigenvalue weighted by Gasteiger charge is 2.49. The molecule has 0 spiro atoms. The van der Waals surface area contributed by atoms with Crippen molar-refractivity contribution < 1.29 is 22.7 Å². The molecule has 2 atom stereocenters. The molecule has 0 aromatic carbocycles. The van der Waals surface area contributed by atoms with Gasteiger partial charge in [0, 0.05) is 13.0 Å². The lowest BCUT2D eigenvalue weighted by molar-refractivity contribution is -0.246. The van der Waals surface area contributed by atoms with Gasteiger partial charge in [-0.15, -0.1) is 0 Å². The van der Waals surface area contributed by atoms with Gasteiger partial charge in [-0.3, -0.25) is 0 Å². The molecule has 1 saturated carbocycles. The first-order valence-electron chi connectivity index (χ1n) is 7.91. The van der Waals surface area contributed by atoms with Gasteiger partial charge < -0.3 is 15.0 Å². The molecule has 1 aliphatic heterocycles. The Labute approximate surface area is 137 Å². The summed E-state index contributed by atoms with van der Waals surface area (Å²) in [6, 6.07) is -1.72. The summed E-state index contributed by atoms with van der Waals surface area (Å²) < 4.78 is 43.5. The van der Waals surface area contributed by atoms with E-state index >= 15 is 0 Å². The summed E-state index contributed by atoms with van der Waals surface area (Å²) >= 11 is 0. The van der Waals surface area contributed by atoms with Crippen molar-refractivity contribution in [2.75, 3.05) is 18.5 Å². The molecule has 9 heteroatoms. The zero-order valence-corrected chi connectivity index (χ0v) is 13.2. The Morgan fingerprint density at radius 2 is 2.04 bits per heavy atom. The number of amides is 2. The molecule has 1 saturated heterocycles. The van der Waals surface area contributed by atoms with Gasteiger partial charge in [0.2, 0.25) is 0 Å². The number of morpholine rings is 1. The van der Waals surface area contributed by atoms with Gasteiger partial charge in [0.15, 0.2) is 6.10 Å². The predicted molar refractivity (Wildman–Crippen MR) is 79.4 cm³/mol. The van der Waals surface area contributed by atoms with Gasteiger partial charge >= 0.3 is 12.2 Å². The van der Waals surface area contributed by atoms with Crippen molar-refractivity contribution in [1.82, 2.24) is 14.9 Å². The van der Waals surface area contributed by atoms with Crippen LogP contribution in [0.15, 0.2) is 12.4 Å². The maximum atomic E-state index is 12.9. The maximum Gasteiger partial charge on any atom is 0.416 e. The fourth-order valence-electron chi connectivity index (χ4n) is 2.74. The second-order valence-corrected chi connectivity index (χ2v) is 6.23. The van der Waals surface area contributed by atoms with Gasteiger partial charge in [0.25, 0.3) is 0 Å². The molecule has 24 heavy (non-hydrogen) atoms. The van der Waals surface area contributed by atoms with Crippen LogP contribution in [0.2, 0.25) is 0 Å². The Morgan fingerprint density at radius 1 is 1.38 bits per heavy atom. The van der Waals surface area contributed by atoms with E-state index < -0.39 is 24.4 Å². The average molecular weight is 344 g/mol. The molecule has 6 nitrogen and oxygen atoms in total. The van der Waals surface area contributed by atoms with Crippen LogP contribution in [0, 0.1) is 5.92 Å². The zero-order chi connectivity index (χ0) is 17.3. The highest BCUT2D eigenvalue weighted by atomic mass is 19.4. The Bertz CT molecular complexity index is 589. The van der Waals surface area contributed by atoms with Crippen molar-refractivity contribution in [3.8, 4) is 0 Å². The molecule has 2 unspecified atom stereocenters. The summed E-state index contributed by atoms with van der Waals surface area (Å²) in [6.07, 6.45) is -0.319. The fraction of sp³-hybridized carbons (Fsp3) is 0.667. The van der Waals surface area contributed by atoms with Crippen molar-refractivity contribution in [1.29, 1.82) is 0 Å². The topological polar surface area (TPSA) is 67.3 Å². The molecule has 2 amide bonds. The smallest absolute Gasteiger partial charge is 0.365 e. The van der Waals surface area contributed by atoms with E-state index in [0.717, 1.165) is 11.3 Å². The minimum absolute atomic E-state index is 0.0974. The predicted octanol–water partition coefficient (Wildman–Crippen LogP) is 2.61.